The molecule has 0 spiro atoms. The highest BCUT2D eigenvalue weighted by atomic mass is 15.0. The van der Waals surface area contributed by atoms with Crippen molar-refractivity contribution in [3.8, 4) is 61.3 Å². The van der Waals surface area contributed by atoms with Crippen molar-refractivity contribution < 1.29 is 0 Å². The van der Waals surface area contributed by atoms with Crippen LogP contribution in [0.3, 0.4) is 0 Å². The normalized spacial score (nSPS) is 11.5. The zero-order valence-electron chi connectivity index (χ0n) is 31.3. The summed E-state index contributed by atoms with van der Waals surface area (Å²) in [5.41, 5.74) is 14.5. The van der Waals surface area contributed by atoms with Crippen molar-refractivity contribution in [3.63, 3.8) is 0 Å². The molecule has 0 atom stereocenters. The molecule has 1 heteroatoms. The van der Waals surface area contributed by atoms with Crippen LogP contribution in [-0.4, -0.2) is 4.57 Å². The number of hydrogen-bond acceptors (Lipinski definition) is 0. The van der Waals surface area contributed by atoms with Crippen LogP contribution >= 0.6 is 0 Å². The van der Waals surface area contributed by atoms with Crippen molar-refractivity contribution in [2.24, 2.45) is 0 Å². The molecule has 0 amide bonds. The van der Waals surface area contributed by atoms with Crippen molar-refractivity contribution >= 4 is 43.2 Å². The second-order valence-electron chi connectivity index (χ2n) is 15.0. The van der Waals surface area contributed by atoms with Crippen LogP contribution in [0.5, 0.6) is 0 Å². The molecule has 0 saturated heterocycles. The summed E-state index contributed by atoms with van der Waals surface area (Å²) in [5.74, 6) is 0. The van der Waals surface area contributed by atoms with Crippen LogP contribution in [0.25, 0.3) is 105 Å². The molecular formula is C56H37N. The number of fused-ring (bicyclic) bond motifs is 4. The average Bonchev–Trinajstić information content (AvgIpc) is 3.67. The van der Waals surface area contributed by atoms with Crippen molar-refractivity contribution in [1.82, 2.24) is 4.57 Å². The molecule has 11 aromatic rings. The van der Waals surface area contributed by atoms with Crippen LogP contribution in [0.1, 0.15) is 0 Å². The van der Waals surface area contributed by atoms with Gasteiger partial charge in [0.1, 0.15) is 0 Å². The molecule has 1 heterocycles. The Morgan fingerprint density at radius 2 is 0.684 bits per heavy atom. The molecule has 10 aromatic carbocycles. The summed E-state index contributed by atoms with van der Waals surface area (Å²) in [6, 6.07) is 79.7. The van der Waals surface area contributed by atoms with Gasteiger partial charge < -0.3 is 4.57 Å². The molecule has 0 aliphatic rings. The fraction of sp³-hybridized carbons (Fsp3) is 0. The number of nitrogens with zero attached hydrogens (tertiary/aromatic N) is 1. The first-order chi connectivity index (χ1) is 28.2. The van der Waals surface area contributed by atoms with E-state index in [2.05, 4.69) is 229 Å². The minimum absolute atomic E-state index is 1.13. The van der Waals surface area contributed by atoms with Crippen LogP contribution in [0.15, 0.2) is 225 Å². The number of rotatable bonds is 6. The van der Waals surface area contributed by atoms with Crippen molar-refractivity contribution in [2.45, 2.75) is 0 Å². The highest BCUT2D eigenvalue weighted by molar-refractivity contribution is 6.01. The van der Waals surface area contributed by atoms with Crippen LogP contribution < -0.4 is 0 Å². The third kappa shape index (κ3) is 5.98. The van der Waals surface area contributed by atoms with E-state index >= 15 is 0 Å². The highest BCUT2D eigenvalue weighted by Gasteiger charge is 2.15. The van der Waals surface area contributed by atoms with E-state index in [9.17, 15) is 0 Å². The van der Waals surface area contributed by atoms with Gasteiger partial charge in [-0.25, -0.2) is 0 Å². The third-order valence-electron chi connectivity index (χ3n) is 11.6. The van der Waals surface area contributed by atoms with E-state index in [1.165, 1.54) is 98.9 Å². The molecule has 11 rings (SSSR count). The van der Waals surface area contributed by atoms with Gasteiger partial charge in [-0.3, -0.25) is 0 Å². The quantitative estimate of drug-likeness (QED) is 0.161. The summed E-state index contributed by atoms with van der Waals surface area (Å²) in [5, 5.41) is 8.79. The predicted octanol–water partition coefficient (Wildman–Crippen LogP) is 15.4. The average molecular weight is 724 g/mol. The monoisotopic (exact) mass is 723 g/mol. The lowest BCUT2D eigenvalue weighted by atomic mass is 9.96. The van der Waals surface area contributed by atoms with E-state index in [1.54, 1.807) is 0 Å². The Bertz CT molecular complexity index is 3250. The van der Waals surface area contributed by atoms with Gasteiger partial charge in [-0.2, -0.15) is 0 Å². The molecule has 0 fully saturated rings. The van der Waals surface area contributed by atoms with Crippen LogP contribution in [0.4, 0.5) is 0 Å². The van der Waals surface area contributed by atoms with Gasteiger partial charge in [0.2, 0.25) is 0 Å². The lowest BCUT2D eigenvalue weighted by Gasteiger charge is -2.10. The topological polar surface area (TPSA) is 4.93 Å². The Hall–Kier alpha value is -7.48. The molecule has 266 valence electrons. The van der Waals surface area contributed by atoms with Gasteiger partial charge in [0, 0.05) is 22.8 Å². The molecule has 0 saturated carbocycles. The van der Waals surface area contributed by atoms with Gasteiger partial charge in [-0.05, 0) is 119 Å². The Labute approximate surface area is 332 Å². The van der Waals surface area contributed by atoms with Crippen molar-refractivity contribution in [2.75, 3.05) is 0 Å². The maximum absolute atomic E-state index is 2.37. The summed E-state index contributed by atoms with van der Waals surface area (Å²) >= 11 is 0. The third-order valence-corrected chi connectivity index (χ3v) is 11.6. The standard InChI is InChI=1S/C56H37N/c1-3-11-46-34-48(26-22-38(46)8-1)40-16-18-42(19-17-40)50-30-33-56-54(36-50)55(45-24-20-41(21-25-45)49-27-23-39-9-2-4-12-47(39)35-49)37-57(56)51-31-28-44(29-32-51)53-15-7-13-43-10-5-6-14-52(43)53/h1-37H. The van der Waals surface area contributed by atoms with Gasteiger partial charge in [-0.1, -0.05) is 182 Å². The van der Waals surface area contributed by atoms with E-state index in [0.29, 0.717) is 0 Å². The van der Waals surface area contributed by atoms with Gasteiger partial charge in [0.15, 0.2) is 0 Å². The van der Waals surface area contributed by atoms with Gasteiger partial charge >= 0.3 is 0 Å². The van der Waals surface area contributed by atoms with E-state index in [0.717, 1.165) is 5.69 Å². The molecule has 0 N–H and O–H groups in total. The maximum atomic E-state index is 2.37. The molecule has 0 bridgehead atoms. The molecule has 57 heavy (non-hydrogen) atoms. The van der Waals surface area contributed by atoms with Gasteiger partial charge in [-0.15, -0.1) is 0 Å². The number of hydrogen-bond donors (Lipinski definition) is 0. The van der Waals surface area contributed by atoms with Gasteiger partial charge in [0.25, 0.3) is 0 Å². The van der Waals surface area contributed by atoms with Crippen molar-refractivity contribution in [1.29, 1.82) is 0 Å². The summed E-state index contributed by atoms with van der Waals surface area (Å²) in [7, 11) is 0. The Morgan fingerprint density at radius 1 is 0.246 bits per heavy atom. The summed E-state index contributed by atoms with van der Waals surface area (Å²) in [4.78, 5) is 0. The second kappa shape index (κ2) is 13.7. The predicted molar refractivity (Wildman–Crippen MR) is 243 cm³/mol. The fourth-order valence-corrected chi connectivity index (χ4v) is 8.57. The first kappa shape index (κ1) is 32.9. The van der Waals surface area contributed by atoms with Gasteiger partial charge in [0.05, 0.1) is 5.52 Å². The summed E-state index contributed by atoms with van der Waals surface area (Å²) < 4.78 is 2.35. The molecule has 1 nitrogen and oxygen atoms in total. The largest absolute Gasteiger partial charge is 0.316 e. The second-order valence-corrected chi connectivity index (χ2v) is 15.0. The molecular weight excluding hydrogens is 687 g/mol. The minimum Gasteiger partial charge on any atom is -0.316 e. The number of aromatic nitrogens is 1. The Balaban J connectivity index is 0.991. The fourth-order valence-electron chi connectivity index (χ4n) is 8.57. The Morgan fingerprint density at radius 3 is 1.30 bits per heavy atom. The van der Waals surface area contributed by atoms with Crippen LogP contribution in [0, 0.1) is 0 Å². The molecule has 0 aliphatic heterocycles. The minimum atomic E-state index is 1.13. The first-order valence-electron chi connectivity index (χ1n) is 19.6. The van der Waals surface area contributed by atoms with E-state index in [4.69, 9.17) is 0 Å². The van der Waals surface area contributed by atoms with Crippen molar-refractivity contribution in [3.05, 3.63) is 225 Å². The van der Waals surface area contributed by atoms with Crippen LogP contribution in [0.2, 0.25) is 0 Å². The summed E-state index contributed by atoms with van der Waals surface area (Å²) in [6.07, 6.45) is 2.31. The summed E-state index contributed by atoms with van der Waals surface area (Å²) in [6.45, 7) is 0. The first-order valence-corrected chi connectivity index (χ1v) is 19.6. The van der Waals surface area contributed by atoms with E-state index < -0.39 is 0 Å². The number of benzene rings is 10. The molecule has 0 unspecified atom stereocenters. The van der Waals surface area contributed by atoms with Crippen LogP contribution in [-0.2, 0) is 0 Å². The lowest BCUT2D eigenvalue weighted by Crippen LogP contribution is -1.92. The Kier molecular flexibility index (Phi) is 7.89. The zero-order chi connectivity index (χ0) is 37.7. The smallest absolute Gasteiger partial charge is 0.0535 e. The zero-order valence-corrected chi connectivity index (χ0v) is 31.3. The molecule has 1 aromatic heterocycles. The molecule has 0 radical (unpaired) electrons. The highest BCUT2D eigenvalue weighted by Crippen LogP contribution is 2.38. The SMILES string of the molecule is c1ccc2cc(-c3ccc(-c4ccc5c(c4)c(-c4ccc(-c6ccc7ccccc7c6)cc4)cn5-c4ccc(-c5cccc6ccccc56)cc4)cc3)ccc2c1. The van der Waals surface area contributed by atoms with E-state index in [-0.39, 0.29) is 0 Å². The van der Waals surface area contributed by atoms with E-state index in [1.807, 2.05) is 0 Å². The molecule has 0 aliphatic carbocycles. The lowest BCUT2D eigenvalue weighted by molar-refractivity contribution is 1.13. The maximum Gasteiger partial charge on any atom is 0.0535 e.